The van der Waals surface area contributed by atoms with Crippen LogP contribution < -0.4 is 14.8 Å². The topological polar surface area (TPSA) is 74.1 Å². The lowest BCUT2D eigenvalue weighted by molar-refractivity contribution is 0.397. The van der Waals surface area contributed by atoms with E-state index >= 15 is 0 Å². The number of hydrogen-bond donors (Lipinski definition) is 1. The number of hydrogen-bond acceptors (Lipinski definition) is 6. The van der Waals surface area contributed by atoms with Crippen LogP contribution in [0.2, 0.25) is 0 Å². The molecule has 0 radical (unpaired) electrons. The summed E-state index contributed by atoms with van der Waals surface area (Å²) >= 11 is 0. The summed E-state index contributed by atoms with van der Waals surface area (Å²) in [5.74, 6) is 2.31. The number of methoxy groups -OCH3 is 2. The van der Waals surface area contributed by atoms with Crippen LogP contribution >= 0.6 is 0 Å². The van der Waals surface area contributed by atoms with Gasteiger partial charge in [0.1, 0.15) is 23.6 Å². The van der Waals surface area contributed by atoms with Crippen LogP contribution in [0.3, 0.4) is 0 Å². The molecular weight excluding hydrogens is 294 g/mol. The number of aromatic nitrogens is 4. The van der Waals surface area contributed by atoms with Crippen molar-refractivity contribution in [1.82, 2.24) is 19.7 Å². The number of anilines is 1. The largest absolute Gasteiger partial charge is 0.497 e. The lowest BCUT2D eigenvalue weighted by Gasteiger charge is -2.19. The zero-order valence-corrected chi connectivity index (χ0v) is 13.6. The molecule has 0 aliphatic rings. The predicted molar refractivity (Wildman–Crippen MR) is 87.9 cm³/mol. The van der Waals surface area contributed by atoms with Crippen LogP contribution in [0.25, 0.3) is 11.0 Å². The van der Waals surface area contributed by atoms with Gasteiger partial charge in [-0.05, 0) is 25.1 Å². The molecule has 0 saturated heterocycles. The molecule has 2 heterocycles. The van der Waals surface area contributed by atoms with Crippen LogP contribution in [-0.2, 0) is 7.05 Å². The quantitative estimate of drug-likeness (QED) is 0.780. The van der Waals surface area contributed by atoms with E-state index < -0.39 is 0 Å². The van der Waals surface area contributed by atoms with E-state index in [0.717, 1.165) is 33.9 Å². The summed E-state index contributed by atoms with van der Waals surface area (Å²) in [5, 5.41) is 8.51. The van der Waals surface area contributed by atoms with E-state index in [1.807, 2.05) is 32.2 Å². The first-order valence-electron chi connectivity index (χ1n) is 7.25. The summed E-state index contributed by atoms with van der Waals surface area (Å²) in [7, 11) is 5.16. The van der Waals surface area contributed by atoms with Crippen LogP contribution in [0, 0.1) is 0 Å². The summed E-state index contributed by atoms with van der Waals surface area (Å²) in [6.45, 7) is 2.04. The van der Waals surface area contributed by atoms with Crippen molar-refractivity contribution in [3.63, 3.8) is 0 Å². The van der Waals surface area contributed by atoms with Crippen LogP contribution in [0.4, 0.5) is 5.82 Å². The van der Waals surface area contributed by atoms with Gasteiger partial charge in [0.15, 0.2) is 5.65 Å². The van der Waals surface area contributed by atoms with Crippen LogP contribution in [-0.4, -0.2) is 34.0 Å². The van der Waals surface area contributed by atoms with Crippen molar-refractivity contribution in [2.75, 3.05) is 19.5 Å². The number of aryl methyl sites for hydroxylation is 1. The van der Waals surface area contributed by atoms with E-state index in [1.54, 1.807) is 25.1 Å². The second kappa shape index (κ2) is 6.12. The third-order valence-electron chi connectivity index (χ3n) is 3.79. The van der Waals surface area contributed by atoms with Gasteiger partial charge in [-0.25, -0.2) is 9.97 Å². The van der Waals surface area contributed by atoms with E-state index in [2.05, 4.69) is 20.4 Å². The fourth-order valence-electron chi connectivity index (χ4n) is 2.54. The number of fused-ring (bicyclic) bond motifs is 1. The van der Waals surface area contributed by atoms with Gasteiger partial charge in [0, 0.05) is 12.6 Å². The van der Waals surface area contributed by atoms with Crippen molar-refractivity contribution in [3.8, 4) is 11.5 Å². The first-order chi connectivity index (χ1) is 11.1. The number of nitrogens with one attached hydrogen (secondary N) is 1. The molecule has 1 aromatic carbocycles. The molecular formula is C16H19N5O2. The summed E-state index contributed by atoms with van der Waals surface area (Å²) in [4.78, 5) is 8.58. The van der Waals surface area contributed by atoms with Crippen molar-refractivity contribution >= 4 is 16.9 Å². The van der Waals surface area contributed by atoms with E-state index in [-0.39, 0.29) is 6.04 Å². The number of nitrogens with zero attached hydrogens (tertiary/aromatic N) is 4. The molecule has 3 aromatic rings. The minimum atomic E-state index is -0.0293. The zero-order valence-electron chi connectivity index (χ0n) is 13.6. The zero-order chi connectivity index (χ0) is 16.4. The maximum absolute atomic E-state index is 5.45. The smallest absolute Gasteiger partial charge is 0.163 e. The fourth-order valence-corrected chi connectivity index (χ4v) is 2.54. The van der Waals surface area contributed by atoms with Gasteiger partial charge in [-0.15, -0.1) is 0 Å². The second-order valence-electron chi connectivity index (χ2n) is 5.20. The highest BCUT2D eigenvalue weighted by Gasteiger charge is 2.15. The molecule has 23 heavy (non-hydrogen) atoms. The number of rotatable bonds is 5. The Labute approximate surface area is 134 Å². The Morgan fingerprint density at radius 1 is 1.17 bits per heavy atom. The maximum Gasteiger partial charge on any atom is 0.163 e. The normalized spacial score (nSPS) is 12.2. The Balaban J connectivity index is 1.96. The van der Waals surface area contributed by atoms with Gasteiger partial charge in [0.05, 0.1) is 31.8 Å². The van der Waals surface area contributed by atoms with Crippen molar-refractivity contribution < 1.29 is 9.47 Å². The maximum atomic E-state index is 5.45. The Morgan fingerprint density at radius 2 is 2.00 bits per heavy atom. The van der Waals surface area contributed by atoms with Gasteiger partial charge >= 0.3 is 0 Å². The minimum absolute atomic E-state index is 0.0293. The van der Waals surface area contributed by atoms with Gasteiger partial charge in [-0.1, -0.05) is 0 Å². The molecule has 120 valence electrons. The van der Waals surface area contributed by atoms with Gasteiger partial charge < -0.3 is 14.8 Å². The summed E-state index contributed by atoms with van der Waals surface area (Å²) in [6, 6.07) is 5.70. The molecule has 0 spiro atoms. The Kier molecular flexibility index (Phi) is 4.01. The number of ether oxygens (including phenoxy) is 2. The highest BCUT2D eigenvalue weighted by Crippen LogP contribution is 2.32. The van der Waals surface area contributed by atoms with E-state index in [4.69, 9.17) is 9.47 Å². The van der Waals surface area contributed by atoms with Crippen LogP contribution in [0.5, 0.6) is 11.5 Å². The molecule has 0 amide bonds. The SMILES string of the molecule is COc1ccc(OC)c([C@H](C)Nc2ncnc3c2cnn3C)c1. The molecule has 1 N–H and O–H groups in total. The summed E-state index contributed by atoms with van der Waals surface area (Å²) in [6.07, 6.45) is 3.29. The second-order valence-corrected chi connectivity index (χ2v) is 5.20. The highest BCUT2D eigenvalue weighted by molar-refractivity contribution is 5.86. The molecule has 0 aliphatic heterocycles. The molecule has 0 fully saturated rings. The Hall–Kier alpha value is -2.83. The third kappa shape index (κ3) is 2.77. The molecule has 0 bridgehead atoms. The predicted octanol–water partition coefficient (Wildman–Crippen LogP) is 2.55. The van der Waals surface area contributed by atoms with Gasteiger partial charge in [0.2, 0.25) is 0 Å². The van der Waals surface area contributed by atoms with Gasteiger partial charge in [-0.2, -0.15) is 5.10 Å². The standard InChI is InChI=1S/C16H19N5O2/c1-10(12-7-11(22-3)5-6-14(12)23-4)20-15-13-8-19-21(2)16(13)18-9-17-15/h5-10H,1-4H3,(H,17,18,20)/t10-/m0/s1. The third-order valence-corrected chi connectivity index (χ3v) is 3.79. The van der Waals surface area contributed by atoms with Crippen molar-refractivity contribution in [2.24, 2.45) is 7.05 Å². The summed E-state index contributed by atoms with van der Waals surface area (Å²) < 4.78 is 12.5. The molecule has 7 heteroatoms. The lowest BCUT2D eigenvalue weighted by Crippen LogP contribution is -2.10. The first-order valence-corrected chi connectivity index (χ1v) is 7.25. The molecule has 3 rings (SSSR count). The fraction of sp³-hybridized carbons (Fsp3) is 0.312. The molecule has 0 aliphatic carbocycles. The minimum Gasteiger partial charge on any atom is -0.497 e. The molecule has 1 atom stereocenters. The first kappa shape index (κ1) is 15.1. The highest BCUT2D eigenvalue weighted by atomic mass is 16.5. The van der Waals surface area contributed by atoms with Crippen molar-refractivity contribution in [3.05, 3.63) is 36.3 Å². The Morgan fingerprint density at radius 3 is 2.74 bits per heavy atom. The van der Waals surface area contributed by atoms with Gasteiger partial charge in [0.25, 0.3) is 0 Å². The average Bonchev–Trinajstić information content (AvgIpc) is 2.96. The van der Waals surface area contributed by atoms with Gasteiger partial charge in [-0.3, -0.25) is 4.68 Å². The van der Waals surface area contributed by atoms with Crippen LogP contribution in [0.15, 0.2) is 30.7 Å². The van der Waals surface area contributed by atoms with E-state index in [1.165, 1.54) is 6.33 Å². The van der Waals surface area contributed by atoms with Crippen molar-refractivity contribution in [2.45, 2.75) is 13.0 Å². The Bertz CT molecular complexity index is 830. The lowest BCUT2D eigenvalue weighted by atomic mass is 10.1. The van der Waals surface area contributed by atoms with Crippen LogP contribution in [0.1, 0.15) is 18.5 Å². The molecule has 2 aromatic heterocycles. The molecule has 0 saturated carbocycles. The molecule has 7 nitrogen and oxygen atoms in total. The summed E-state index contributed by atoms with van der Waals surface area (Å²) in [5.41, 5.74) is 1.77. The van der Waals surface area contributed by atoms with E-state index in [9.17, 15) is 0 Å². The monoisotopic (exact) mass is 313 g/mol. The van der Waals surface area contributed by atoms with E-state index in [0.29, 0.717) is 0 Å². The number of benzene rings is 1. The molecule has 0 unspecified atom stereocenters. The van der Waals surface area contributed by atoms with Crippen molar-refractivity contribution in [1.29, 1.82) is 0 Å². The average molecular weight is 313 g/mol.